The molecule has 1 amide bonds. The van der Waals surface area contributed by atoms with E-state index in [1.54, 1.807) is 12.1 Å². The van der Waals surface area contributed by atoms with Crippen molar-refractivity contribution in [2.75, 3.05) is 5.75 Å². The molecule has 1 saturated carbocycles. The number of thioether (sulfide) groups is 1. The Bertz CT molecular complexity index is 722. The second-order valence-electron chi connectivity index (χ2n) is 6.45. The Labute approximate surface area is 156 Å². The Balaban J connectivity index is 1.45. The Hall–Kier alpha value is -1.53. The molecule has 2 atom stereocenters. The number of nitrogens with one attached hydrogen (secondary N) is 1. The highest BCUT2D eigenvalue weighted by atomic mass is 35.5. The van der Waals surface area contributed by atoms with E-state index in [2.05, 4.69) is 22.4 Å². The standard InChI is InChI=1S/C18H22ClN3O2S/c1-12-5-2-3-8-15(12)20-16(23)10-25-11-17-21-18(22-24-17)13-6-4-7-14(19)9-13/h4,6-7,9,12,15H,2-3,5,8,10-11H2,1H3,(H,20,23)/t12-,15+/m0/s1. The molecule has 1 N–H and O–H groups in total. The van der Waals surface area contributed by atoms with Gasteiger partial charge in [0, 0.05) is 16.6 Å². The average molecular weight is 380 g/mol. The zero-order chi connectivity index (χ0) is 17.6. The first kappa shape index (κ1) is 18.3. The minimum absolute atomic E-state index is 0.0818. The van der Waals surface area contributed by atoms with Crippen LogP contribution in [0.15, 0.2) is 28.8 Å². The summed E-state index contributed by atoms with van der Waals surface area (Å²) in [5, 5.41) is 7.75. The van der Waals surface area contributed by atoms with Gasteiger partial charge in [0.25, 0.3) is 0 Å². The number of halogens is 1. The van der Waals surface area contributed by atoms with Crippen LogP contribution in [0.4, 0.5) is 0 Å². The van der Waals surface area contributed by atoms with Crippen LogP contribution in [0.1, 0.15) is 38.5 Å². The van der Waals surface area contributed by atoms with Crippen molar-refractivity contribution in [2.24, 2.45) is 5.92 Å². The number of amides is 1. The highest BCUT2D eigenvalue weighted by Crippen LogP contribution is 2.24. The molecule has 1 aromatic heterocycles. The maximum absolute atomic E-state index is 12.1. The molecule has 1 aliphatic rings. The van der Waals surface area contributed by atoms with Gasteiger partial charge < -0.3 is 9.84 Å². The number of aromatic nitrogens is 2. The second-order valence-corrected chi connectivity index (χ2v) is 7.87. The van der Waals surface area contributed by atoms with Crippen LogP contribution in [0.2, 0.25) is 5.02 Å². The Kier molecular flexibility index (Phi) is 6.37. The molecule has 1 fully saturated rings. The highest BCUT2D eigenvalue weighted by molar-refractivity contribution is 7.99. The molecule has 134 valence electrons. The van der Waals surface area contributed by atoms with E-state index in [1.807, 2.05) is 12.1 Å². The fourth-order valence-corrected chi connectivity index (χ4v) is 3.92. The van der Waals surface area contributed by atoms with Gasteiger partial charge in [-0.25, -0.2) is 0 Å². The van der Waals surface area contributed by atoms with Crippen LogP contribution >= 0.6 is 23.4 Å². The predicted molar refractivity (Wildman–Crippen MR) is 100 cm³/mol. The molecule has 0 unspecified atom stereocenters. The third kappa shape index (κ3) is 5.22. The van der Waals surface area contributed by atoms with Crippen molar-refractivity contribution in [2.45, 2.75) is 44.4 Å². The van der Waals surface area contributed by atoms with Crippen molar-refractivity contribution in [3.05, 3.63) is 35.2 Å². The van der Waals surface area contributed by atoms with E-state index >= 15 is 0 Å². The normalized spacial score (nSPS) is 20.4. The summed E-state index contributed by atoms with van der Waals surface area (Å²) in [4.78, 5) is 16.5. The summed E-state index contributed by atoms with van der Waals surface area (Å²) in [6, 6.07) is 7.64. The molecule has 0 radical (unpaired) electrons. The largest absolute Gasteiger partial charge is 0.352 e. The van der Waals surface area contributed by atoms with Crippen LogP contribution in [0, 0.1) is 5.92 Å². The molecule has 0 saturated heterocycles. The van der Waals surface area contributed by atoms with Gasteiger partial charge in [-0.15, -0.1) is 11.8 Å². The van der Waals surface area contributed by atoms with Crippen LogP contribution in [-0.2, 0) is 10.5 Å². The maximum Gasteiger partial charge on any atom is 0.236 e. The molecule has 0 spiro atoms. The van der Waals surface area contributed by atoms with Gasteiger partial charge in [-0.2, -0.15) is 4.98 Å². The van der Waals surface area contributed by atoms with E-state index in [-0.39, 0.29) is 5.91 Å². The zero-order valence-corrected chi connectivity index (χ0v) is 15.8. The number of carbonyl (C=O) groups is 1. The lowest BCUT2D eigenvalue weighted by atomic mass is 9.86. The van der Waals surface area contributed by atoms with Gasteiger partial charge in [-0.05, 0) is 30.9 Å². The highest BCUT2D eigenvalue weighted by Gasteiger charge is 2.22. The van der Waals surface area contributed by atoms with Crippen molar-refractivity contribution >= 4 is 29.3 Å². The van der Waals surface area contributed by atoms with Crippen LogP contribution in [-0.4, -0.2) is 27.8 Å². The van der Waals surface area contributed by atoms with Crippen molar-refractivity contribution in [1.29, 1.82) is 0 Å². The SMILES string of the molecule is C[C@H]1CCCC[C@H]1NC(=O)CSCc1nc(-c2cccc(Cl)c2)no1. The van der Waals surface area contributed by atoms with E-state index in [1.165, 1.54) is 31.0 Å². The van der Waals surface area contributed by atoms with Gasteiger partial charge in [0.15, 0.2) is 0 Å². The van der Waals surface area contributed by atoms with E-state index in [0.29, 0.717) is 40.2 Å². The molecule has 0 aliphatic heterocycles. The first-order chi connectivity index (χ1) is 12.1. The summed E-state index contributed by atoms with van der Waals surface area (Å²) in [6.45, 7) is 2.22. The molecule has 2 aromatic rings. The number of hydrogen-bond acceptors (Lipinski definition) is 5. The summed E-state index contributed by atoms with van der Waals surface area (Å²) in [5.74, 6) is 2.59. The number of hydrogen-bond donors (Lipinski definition) is 1. The van der Waals surface area contributed by atoms with Gasteiger partial charge in [-0.1, -0.05) is 48.7 Å². The fourth-order valence-electron chi connectivity index (χ4n) is 3.07. The minimum atomic E-state index is 0.0818. The molecule has 3 rings (SSSR count). The quantitative estimate of drug-likeness (QED) is 0.809. The van der Waals surface area contributed by atoms with Crippen molar-refractivity contribution in [3.8, 4) is 11.4 Å². The number of benzene rings is 1. The summed E-state index contributed by atoms with van der Waals surface area (Å²) in [7, 11) is 0. The second kappa shape index (κ2) is 8.72. The number of nitrogens with zero attached hydrogens (tertiary/aromatic N) is 2. The maximum atomic E-state index is 12.1. The van der Waals surface area contributed by atoms with Crippen LogP contribution in [0.3, 0.4) is 0 Å². The van der Waals surface area contributed by atoms with Crippen LogP contribution in [0.5, 0.6) is 0 Å². The van der Waals surface area contributed by atoms with Gasteiger partial charge in [0.05, 0.1) is 11.5 Å². The lowest BCUT2D eigenvalue weighted by molar-refractivity contribution is -0.119. The molecule has 1 aliphatic carbocycles. The first-order valence-electron chi connectivity index (χ1n) is 8.57. The van der Waals surface area contributed by atoms with Crippen molar-refractivity contribution in [3.63, 3.8) is 0 Å². The molecule has 1 heterocycles. The lowest BCUT2D eigenvalue weighted by Gasteiger charge is -2.29. The average Bonchev–Trinajstić information content (AvgIpc) is 3.06. The topological polar surface area (TPSA) is 68.0 Å². The van der Waals surface area contributed by atoms with Crippen LogP contribution < -0.4 is 5.32 Å². The van der Waals surface area contributed by atoms with Gasteiger partial charge in [-0.3, -0.25) is 4.79 Å². The van der Waals surface area contributed by atoms with E-state index < -0.39 is 0 Å². The third-order valence-corrected chi connectivity index (χ3v) is 5.62. The van der Waals surface area contributed by atoms with Crippen molar-refractivity contribution < 1.29 is 9.32 Å². The van der Waals surface area contributed by atoms with E-state index in [4.69, 9.17) is 16.1 Å². The molecule has 5 nitrogen and oxygen atoms in total. The predicted octanol–water partition coefficient (Wildman–Crippen LogP) is 4.32. The third-order valence-electron chi connectivity index (χ3n) is 4.47. The molecule has 25 heavy (non-hydrogen) atoms. The minimum Gasteiger partial charge on any atom is -0.352 e. The van der Waals surface area contributed by atoms with Crippen LogP contribution in [0.25, 0.3) is 11.4 Å². The lowest BCUT2D eigenvalue weighted by Crippen LogP contribution is -2.41. The van der Waals surface area contributed by atoms with E-state index in [0.717, 1.165) is 12.0 Å². The summed E-state index contributed by atoms with van der Waals surface area (Å²) in [6.07, 6.45) is 4.77. The Morgan fingerprint density at radius 3 is 3.04 bits per heavy atom. The summed E-state index contributed by atoms with van der Waals surface area (Å²) in [5.41, 5.74) is 0.816. The summed E-state index contributed by atoms with van der Waals surface area (Å²) >= 11 is 7.46. The summed E-state index contributed by atoms with van der Waals surface area (Å²) < 4.78 is 5.25. The Morgan fingerprint density at radius 1 is 1.40 bits per heavy atom. The molecular formula is C18H22ClN3O2S. The Morgan fingerprint density at radius 2 is 2.24 bits per heavy atom. The molecule has 1 aromatic carbocycles. The monoisotopic (exact) mass is 379 g/mol. The first-order valence-corrected chi connectivity index (χ1v) is 10.1. The smallest absolute Gasteiger partial charge is 0.236 e. The van der Waals surface area contributed by atoms with E-state index in [9.17, 15) is 4.79 Å². The van der Waals surface area contributed by atoms with Gasteiger partial charge in [0.1, 0.15) is 0 Å². The molecule has 7 heteroatoms. The fraction of sp³-hybridized carbons (Fsp3) is 0.500. The van der Waals surface area contributed by atoms with Gasteiger partial charge in [0.2, 0.25) is 17.6 Å². The molecular weight excluding hydrogens is 358 g/mol. The zero-order valence-electron chi connectivity index (χ0n) is 14.2. The number of carbonyl (C=O) groups excluding carboxylic acids is 1. The molecule has 0 bridgehead atoms. The van der Waals surface area contributed by atoms with Crippen molar-refractivity contribution in [1.82, 2.24) is 15.5 Å². The number of rotatable bonds is 6. The van der Waals surface area contributed by atoms with Gasteiger partial charge >= 0.3 is 0 Å².